The monoisotopic (exact) mass is 378 g/mol. The molecule has 2 fully saturated rings. The van der Waals surface area contributed by atoms with Crippen LogP contribution in [0.15, 0.2) is 36.7 Å². The van der Waals surface area contributed by atoms with Gasteiger partial charge in [0.1, 0.15) is 5.82 Å². The zero-order valence-electron chi connectivity index (χ0n) is 18.3. The van der Waals surface area contributed by atoms with E-state index in [2.05, 4.69) is 38.1 Å². The first-order chi connectivity index (χ1) is 13.7. The van der Waals surface area contributed by atoms with Crippen LogP contribution in [0.3, 0.4) is 0 Å². The van der Waals surface area contributed by atoms with Crippen molar-refractivity contribution in [3.8, 4) is 11.1 Å². The number of benzene rings is 1. The molecule has 0 amide bonds. The van der Waals surface area contributed by atoms with Crippen LogP contribution >= 0.6 is 0 Å². The number of nitrogens with zero attached hydrogens (tertiary/aromatic N) is 2. The normalized spacial score (nSPS) is 27.6. The van der Waals surface area contributed by atoms with Gasteiger partial charge in [0.2, 0.25) is 0 Å². The highest BCUT2D eigenvalue weighted by atomic mass is 14.9. The third kappa shape index (κ3) is 5.21. The predicted molar refractivity (Wildman–Crippen MR) is 120 cm³/mol. The summed E-state index contributed by atoms with van der Waals surface area (Å²) < 4.78 is 0. The van der Waals surface area contributed by atoms with Crippen LogP contribution in [0.5, 0.6) is 0 Å². The van der Waals surface area contributed by atoms with E-state index in [-0.39, 0.29) is 0 Å². The molecule has 1 aromatic carbocycles. The van der Waals surface area contributed by atoms with E-state index in [0.29, 0.717) is 5.92 Å². The minimum atomic E-state index is 0.566. The highest BCUT2D eigenvalue weighted by Crippen LogP contribution is 2.36. The Kier molecular flexibility index (Phi) is 7.65. The summed E-state index contributed by atoms with van der Waals surface area (Å²) in [5.74, 6) is 4.16. The van der Waals surface area contributed by atoms with Gasteiger partial charge in [-0.2, -0.15) is 0 Å². The molecule has 0 bridgehead atoms. The summed E-state index contributed by atoms with van der Waals surface area (Å²) >= 11 is 0. The molecule has 2 aliphatic carbocycles. The highest BCUT2D eigenvalue weighted by molar-refractivity contribution is 5.61. The van der Waals surface area contributed by atoms with Crippen LogP contribution in [-0.4, -0.2) is 9.97 Å². The smallest absolute Gasteiger partial charge is 0.131 e. The molecule has 2 saturated carbocycles. The second kappa shape index (κ2) is 10.2. The zero-order valence-corrected chi connectivity index (χ0v) is 18.3. The van der Waals surface area contributed by atoms with Gasteiger partial charge >= 0.3 is 0 Å². The third-order valence-electron chi connectivity index (χ3n) is 6.78. The molecule has 2 nitrogen and oxygen atoms in total. The molecule has 0 atom stereocenters. The van der Waals surface area contributed by atoms with Crippen LogP contribution in [-0.2, 0) is 0 Å². The number of aromatic nitrogens is 2. The molecule has 2 heteroatoms. The van der Waals surface area contributed by atoms with Crippen LogP contribution in [0.1, 0.15) is 102 Å². The second-order valence-electron chi connectivity index (χ2n) is 8.87. The molecule has 2 aromatic rings. The van der Waals surface area contributed by atoms with Crippen LogP contribution < -0.4 is 0 Å². The van der Waals surface area contributed by atoms with Gasteiger partial charge < -0.3 is 0 Å². The maximum atomic E-state index is 4.71. The zero-order chi connectivity index (χ0) is 19.9. The standard InChI is InChI=1S/C24H32N2.C2H6/c1-17-3-7-19(8-4-17)20-11-13-21(14-12-20)23-15-25-24(26-16-23)22-9-5-18(2)6-10-22;1-2/h11-19,22H,3-10H2,1-2H3;1-2H3. The van der Waals surface area contributed by atoms with Crippen LogP contribution in [0.4, 0.5) is 0 Å². The van der Waals surface area contributed by atoms with Crippen LogP contribution in [0.2, 0.25) is 0 Å². The SMILES string of the molecule is CC.CC1CCC(c2ccc(-c3cnc(C4CCC(C)CC4)nc3)cc2)CC1. The molecule has 1 heterocycles. The molecule has 0 aliphatic heterocycles. The van der Waals surface area contributed by atoms with Gasteiger partial charge in [0.25, 0.3) is 0 Å². The molecular weight excluding hydrogens is 340 g/mol. The molecule has 0 N–H and O–H groups in total. The molecular formula is C26H38N2. The molecule has 0 spiro atoms. The first kappa shape index (κ1) is 21.0. The largest absolute Gasteiger partial charge is 0.240 e. The van der Waals surface area contributed by atoms with E-state index >= 15 is 0 Å². The minimum absolute atomic E-state index is 0.566. The summed E-state index contributed by atoms with van der Waals surface area (Å²) in [5.41, 5.74) is 3.89. The van der Waals surface area contributed by atoms with Gasteiger partial charge in [0.15, 0.2) is 0 Å². The second-order valence-corrected chi connectivity index (χ2v) is 8.87. The van der Waals surface area contributed by atoms with E-state index in [0.717, 1.165) is 29.1 Å². The fraction of sp³-hybridized carbons (Fsp3) is 0.615. The third-order valence-corrected chi connectivity index (χ3v) is 6.78. The summed E-state index contributed by atoms with van der Waals surface area (Å²) in [4.78, 5) is 9.43. The van der Waals surface area contributed by atoms with Gasteiger partial charge in [-0.05, 0) is 54.6 Å². The van der Waals surface area contributed by atoms with Crippen LogP contribution in [0.25, 0.3) is 11.1 Å². The Labute approximate surface area is 172 Å². The average Bonchev–Trinajstić information content (AvgIpc) is 2.77. The number of rotatable bonds is 3. The van der Waals surface area contributed by atoms with Crippen molar-refractivity contribution in [2.75, 3.05) is 0 Å². The number of hydrogen-bond acceptors (Lipinski definition) is 2. The maximum Gasteiger partial charge on any atom is 0.131 e. The van der Waals surface area contributed by atoms with Gasteiger partial charge in [-0.1, -0.05) is 77.6 Å². The lowest BCUT2D eigenvalue weighted by Crippen LogP contribution is -2.13. The number of hydrogen-bond donors (Lipinski definition) is 0. The van der Waals surface area contributed by atoms with E-state index in [1.807, 2.05) is 26.2 Å². The highest BCUT2D eigenvalue weighted by Gasteiger charge is 2.22. The lowest BCUT2D eigenvalue weighted by Gasteiger charge is -2.26. The fourth-order valence-corrected chi connectivity index (χ4v) is 4.76. The van der Waals surface area contributed by atoms with Gasteiger partial charge in [-0.3, -0.25) is 0 Å². The van der Waals surface area contributed by atoms with Crippen molar-refractivity contribution in [2.45, 2.75) is 90.9 Å². The molecule has 0 radical (unpaired) electrons. The van der Waals surface area contributed by atoms with Crippen molar-refractivity contribution in [1.82, 2.24) is 9.97 Å². The summed E-state index contributed by atoms with van der Waals surface area (Å²) in [6, 6.07) is 9.17. The Balaban J connectivity index is 0.00000109. The molecule has 28 heavy (non-hydrogen) atoms. The van der Waals surface area contributed by atoms with E-state index in [9.17, 15) is 0 Å². The summed E-state index contributed by atoms with van der Waals surface area (Å²) in [6.07, 6.45) is 14.6. The maximum absolute atomic E-state index is 4.71. The first-order valence-corrected chi connectivity index (χ1v) is 11.6. The Bertz CT molecular complexity index is 625. The summed E-state index contributed by atoms with van der Waals surface area (Å²) in [7, 11) is 0. The van der Waals surface area contributed by atoms with Gasteiger partial charge in [0.05, 0.1) is 0 Å². The molecule has 0 saturated heterocycles. The average molecular weight is 379 g/mol. The lowest BCUT2D eigenvalue weighted by molar-refractivity contribution is 0.339. The Morgan fingerprint density at radius 2 is 1.07 bits per heavy atom. The van der Waals surface area contributed by atoms with E-state index in [1.165, 1.54) is 62.5 Å². The van der Waals surface area contributed by atoms with Crippen LogP contribution in [0, 0.1) is 11.8 Å². The lowest BCUT2D eigenvalue weighted by atomic mass is 9.79. The summed E-state index contributed by atoms with van der Waals surface area (Å²) in [6.45, 7) is 8.74. The molecule has 4 rings (SSSR count). The van der Waals surface area contributed by atoms with Crippen molar-refractivity contribution in [2.24, 2.45) is 11.8 Å². The summed E-state index contributed by atoms with van der Waals surface area (Å²) in [5, 5.41) is 0. The van der Waals surface area contributed by atoms with Gasteiger partial charge in [-0.15, -0.1) is 0 Å². The van der Waals surface area contributed by atoms with Crippen molar-refractivity contribution in [3.63, 3.8) is 0 Å². The Morgan fingerprint density at radius 3 is 1.57 bits per heavy atom. The Hall–Kier alpha value is -1.70. The fourth-order valence-electron chi connectivity index (χ4n) is 4.76. The minimum Gasteiger partial charge on any atom is -0.240 e. The topological polar surface area (TPSA) is 25.8 Å². The van der Waals surface area contributed by atoms with Crippen molar-refractivity contribution in [1.29, 1.82) is 0 Å². The van der Waals surface area contributed by atoms with Crippen molar-refractivity contribution in [3.05, 3.63) is 48.0 Å². The van der Waals surface area contributed by atoms with E-state index < -0.39 is 0 Å². The molecule has 2 aliphatic rings. The van der Waals surface area contributed by atoms with Crippen molar-refractivity contribution >= 4 is 0 Å². The first-order valence-electron chi connectivity index (χ1n) is 11.6. The molecule has 0 unspecified atom stereocenters. The van der Waals surface area contributed by atoms with Gasteiger partial charge in [0, 0.05) is 23.9 Å². The molecule has 1 aromatic heterocycles. The van der Waals surface area contributed by atoms with E-state index in [1.54, 1.807) is 0 Å². The Morgan fingerprint density at radius 1 is 0.607 bits per heavy atom. The quantitative estimate of drug-likeness (QED) is 0.545. The molecule has 152 valence electrons. The predicted octanol–water partition coefficient (Wildman–Crippen LogP) is 7.76. The van der Waals surface area contributed by atoms with Crippen molar-refractivity contribution < 1.29 is 0 Å². The van der Waals surface area contributed by atoms with E-state index in [4.69, 9.17) is 9.97 Å². The van der Waals surface area contributed by atoms with Gasteiger partial charge in [-0.25, -0.2) is 9.97 Å².